The monoisotopic (exact) mass is 244 g/mol. The molecule has 0 atom stereocenters. The first-order valence-electron chi connectivity index (χ1n) is 4.70. The van der Waals surface area contributed by atoms with E-state index in [1.165, 1.54) is 0 Å². The molecule has 0 amide bonds. The van der Waals surface area contributed by atoms with Crippen molar-refractivity contribution in [3.63, 3.8) is 0 Å². The minimum absolute atomic E-state index is 0. The molecule has 0 spiro atoms. The predicted octanol–water partition coefficient (Wildman–Crippen LogP) is -1.08. The molecule has 15 heavy (non-hydrogen) atoms. The van der Waals surface area contributed by atoms with E-state index < -0.39 is 0 Å². The fraction of sp³-hybridized carbons (Fsp3) is 0.727. The minimum atomic E-state index is 0. The quantitative estimate of drug-likeness (QED) is 0.340. The zero-order chi connectivity index (χ0) is 9.66. The largest absolute Gasteiger partial charge is 1.00 e. The van der Waals surface area contributed by atoms with Crippen LogP contribution in [0.1, 0.15) is 20.8 Å². The van der Waals surface area contributed by atoms with Crippen LogP contribution in [0, 0.1) is 21.9 Å². The van der Waals surface area contributed by atoms with Gasteiger partial charge in [0, 0.05) is 6.54 Å². The van der Waals surface area contributed by atoms with Gasteiger partial charge in [-0.05, 0) is 13.1 Å². The fourth-order valence-electron chi connectivity index (χ4n) is 0.568. The van der Waals surface area contributed by atoms with E-state index in [0.717, 1.165) is 32.8 Å². The number of ether oxygens (including phenoxy) is 1. The molecule has 0 saturated heterocycles. The van der Waals surface area contributed by atoms with Crippen molar-refractivity contribution < 1.29 is 56.1 Å². The van der Waals surface area contributed by atoms with E-state index in [2.05, 4.69) is 24.6 Å². The zero-order valence-electron chi connectivity index (χ0n) is 11.7. The molecule has 0 saturated carbocycles. The van der Waals surface area contributed by atoms with Crippen LogP contribution >= 0.6 is 0 Å². The van der Waals surface area contributed by atoms with Crippen LogP contribution in [0.3, 0.4) is 0 Å². The smallest absolute Gasteiger partial charge is 0.471 e. The molecule has 0 aliphatic heterocycles. The molecular formula is C11H29KN2O-2. The van der Waals surface area contributed by atoms with Crippen molar-refractivity contribution in [1.82, 2.24) is 10.6 Å². The first kappa shape index (κ1) is 30.0. The normalized spacial score (nSPS) is 7.20. The standard InChI is InChI=1S/C7H17N2O.C2H6.2CH3.K/c1-3-9-5-7-10-6-4-8-2;1-2;;;/h8-9H,2-7H2,1H3;1-2H3;2*1H3;/q-1;;2*-1;+1. The van der Waals surface area contributed by atoms with Crippen LogP contribution in [0.5, 0.6) is 0 Å². The van der Waals surface area contributed by atoms with Crippen LogP contribution in [0.25, 0.3) is 0 Å². The van der Waals surface area contributed by atoms with Crippen molar-refractivity contribution in [3.8, 4) is 0 Å². The van der Waals surface area contributed by atoms with E-state index in [9.17, 15) is 0 Å². The van der Waals surface area contributed by atoms with Crippen molar-refractivity contribution in [1.29, 1.82) is 0 Å². The van der Waals surface area contributed by atoms with Gasteiger partial charge in [0.15, 0.2) is 0 Å². The molecule has 0 bridgehead atoms. The topological polar surface area (TPSA) is 33.3 Å². The fourth-order valence-corrected chi connectivity index (χ4v) is 0.568. The summed E-state index contributed by atoms with van der Waals surface area (Å²) in [7, 11) is 3.47. The summed E-state index contributed by atoms with van der Waals surface area (Å²) in [6.45, 7) is 10.4. The molecule has 0 aliphatic rings. The van der Waals surface area contributed by atoms with Crippen molar-refractivity contribution in [2.75, 3.05) is 32.8 Å². The van der Waals surface area contributed by atoms with Gasteiger partial charge >= 0.3 is 51.4 Å². The molecule has 0 rings (SSSR count). The Morgan fingerprint density at radius 3 is 1.93 bits per heavy atom. The molecule has 0 aromatic heterocycles. The molecule has 0 unspecified atom stereocenters. The van der Waals surface area contributed by atoms with Gasteiger partial charge in [0.25, 0.3) is 0 Å². The summed E-state index contributed by atoms with van der Waals surface area (Å²) in [6.07, 6.45) is 0. The van der Waals surface area contributed by atoms with Crippen molar-refractivity contribution in [3.05, 3.63) is 21.9 Å². The summed E-state index contributed by atoms with van der Waals surface area (Å²) in [4.78, 5) is 0. The summed E-state index contributed by atoms with van der Waals surface area (Å²) in [5.74, 6) is 0. The van der Waals surface area contributed by atoms with E-state index in [0.29, 0.717) is 0 Å². The van der Waals surface area contributed by atoms with E-state index >= 15 is 0 Å². The Morgan fingerprint density at radius 2 is 1.53 bits per heavy atom. The Labute approximate surface area is 141 Å². The Morgan fingerprint density at radius 1 is 1.07 bits per heavy atom. The van der Waals surface area contributed by atoms with E-state index in [1.807, 2.05) is 13.8 Å². The molecule has 92 valence electrons. The molecule has 4 heteroatoms. The first-order chi connectivity index (χ1) is 5.91. The Kier molecular flexibility index (Phi) is 72.2. The Hall–Kier alpha value is 1.52. The van der Waals surface area contributed by atoms with Gasteiger partial charge in [0.2, 0.25) is 0 Å². The maximum atomic E-state index is 5.21. The molecule has 3 nitrogen and oxygen atoms in total. The summed E-state index contributed by atoms with van der Waals surface area (Å²) < 4.78 is 5.21. The third kappa shape index (κ3) is 39.1. The summed E-state index contributed by atoms with van der Waals surface area (Å²) in [5.41, 5.74) is 0. The molecular weight excluding hydrogens is 215 g/mol. The number of likely N-dealkylation sites (N-methyl/N-ethyl adjacent to an activating group) is 1. The molecule has 0 radical (unpaired) electrons. The SMILES string of the molecule is CC.[CH2-]NCCOCCNCC.[CH3-].[CH3-].[K+]. The van der Waals surface area contributed by atoms with Crippen LogP contribution in [0.2, 0.25) is 0 Å². The van der Waals surface area contributed by atoms with Gasteiger partial charge in [-0.3, -0.25) is 7.05 Å². The van der Waals surface area contributed by atoms with Crippen LogP contribution in [-0.2, 0) is 4.74 Å². The first-order valence-corrected chi connectivity index (χ1v) is 4.70. The van der Waals surface area contributed by atoms with Gasteiger partial charge < -0.3 is 30.2 Å². The molecule has 0 aliphatic carbocycles. The zero-order valence-corrected chi connectivity index (χ0v) is 14.8. The minimum Gasteiger partial charge on any atom is -0.471 e. The Balaban J connectivity index is -0.0000000626. The third-order valence-electron chi connectivity index (χ3n) is 1.10. The second-order valence-electron chi connectivity index (χ2n) is 1.97. The average Bonchev–Trinajstić information content (AvgIpc) is 2.15. The molecule has 0 fully saturated rings. The maximum absolute atomic E-state index is 5.21. The summed E-state index contributed by atoms with van der Waals surface area (Å²) >= 11 is 0. The maximum Gasteiger partial charge on any atom is 1.00 e. The van der Waals surface area contributed by atoms with Gasteiger partial charge in [0.05, 0.1) is 13.2 Å². The van der Waals surface area contributed by atoms with Crippen molar-refractivity contribution in [2.45, 2.75) is 20.8 Å². The number of hydrogen-bond donors (Lipinski definition) is 2. The van der Waals surface area contributed by atoms with Crippen molar-refractivity contribution >= 4 is 0 Å². The van der Waals surface area contributed by atoms with Crippen molar-refractivity contribution in [2.24, 2.45) is 0 Å². The van der Waals surface area contributed by atoms with E-state index in [1.54, 1.807) is 0 Å². The summed E-state index contributed by atoms with van der Waals surface area (Å²) in [6, 6.07) is 0. The molecule has 0 aromatic carbocycles. The van der Waals surface area contributed by atoms with Crippen LogP contribution in [0.4, 0.5) is 0 Å². The van der Waals surface area contributed by atoms with Gasteiger partial charge in [-0.25, -0.2) is 0 Å². The van der Waals surface area contributed by atoms with Gasteiger partial charge in [-0.1, -0.05) is 20.8 Å². The van der Waals surface area contributed by atoms with Crippen LogP contribution in [0.15, 0.2) is 0 Å². The van der Waals surface area contributed by atoms with Gasteiger partial charge in [-0.15, -0.1) is 0 Å². The third-order valence-corrected chi connectivity index (χ3v) is 1.10. The number of rotatable bonds is 7. The average molecular weight is 244 g/mol. The van der Waals surface area contributed by atoms with E-state index in [4.69, 9.17) is 4.74 Å². The van der Waals surface area contributed by atoms with Crippen LogP contribution in [-0.4, -0.2) is 32.8 Å². The summed E-state index contributed by atoms with van der Waals surface area (Å²) in [5, 5.41) is 5.93. The van der Waals surface area contributed by atoms with E-state index in [-0.39, 0.29) is 66.2 Å². The van der Waals surface area contributed by atoms with Gasteiger partial charge in [0.1, 0.15) is 0 Å². The number of hydrogen-bond acceptors (Lipinski definition) is 3. The van der Waals surface area contributed by atoms with Crippen LogP contribution < -0.4 is 62.0 Å². The van der Waals surface area contributed by atoms with Gasteiger partial charge in [-0.2, -0.15) is 0 Å². The molecule has 2 N–H and O–H groups in total. The molecule has 0 heterocycles. The number of nitrogens with one attached hydrogen (secondary N) is 2. The second-order valence-corrected chi connectivity index (χ2v) is 1.97. The second kappa shape index (κ2) is 36.1. The molecule has 0 aromatic rings. The predicted molar refractivity (Wildman–Crippen MR) is 66.9 cm³/mol. The Bertz CT molecular complexity index is 58.5.